The summed E-state index contributed by atoms with van der Waals surface area (Å²) in [5.74, 6) is -0.598. The topological polar surface area (TPSA) is 60.9 Å². The van der Waals surface area contributed by atoms with Gasteiger partial charge in [-0.2, -0.15) is 0 Å². The van der Waals surface area contributed by atoms with E-state index in [2.05, 4.69) is 4.90 Å². The Hall–Kier alpha value is -2.02. The average Bonchev–Trinajstić information content (AvgIpc) is 3.26. The van der Waals surface area contributed by atoms with Crippen molar-refractivity contribution in [3.8, 4) is 0 Å². The number of hydrogen-bond donors (Lipinski definition) is 1. The predicted molar refractivity (Wildman–Crippen MR) is 101 cm³/mol. The third-order valence-electron chi connectivity index (χ3n) is 5.24. The lowest BCUT2D eigenvalue weighted by atomic mass is 9.89. The number of likely N-dealkylation sites (tertiary alicyclic amines) is 1. The highest BCUT2D eigenvalue weighted by atomic mass is 32.1. The molecule has 1 N–H and O–H groups in total. The number of ketones is 1. The van der Waals surface area contributed by atoms with E-state index in [4.69, 9.17) is 0 Å². The van der Waals surface area contributed by atoms with Crippen molar-refractivity contribution in [3.63, 3.8) is 0 Å². The van der Waals surface area contributed by atoms with Crippen LogP contribution in [0.5, 0.6) is 0 Å². The molecule has 0 spiro atoms. The summed E-state index contributed by atoms with van der Waals surface area (Å²) in [6.45, 7) is 2.38. The number of rotatable bonds is 5. The van der Waals surface area contributed by atoms with Crippen LogP contribution in [0.1, 0.15) is 40.9 Å². The Bertz CT molecular complexity index is 814. The molecule has 0 saturated carbocycles. The van der Waals surface area contributed by atoms with Gasteiger partial charge in [0.05, 0.1) is 23.7 Å². The van der Waals surface area contributed by atoms with Crippen LogP contribution in [0.25, 0.3) is 0 Å². The molecule has 6 heteroatoms. The minimum Gasteiger partial charge on any atom is -0.375 e. The van der Waals surface area contributed by atoms with E-state index in [0.29, 0.717) is 22.8 Å². The van der Waals surface area contributed by atoms with Crippen molar-refractivity contribution in [3.05, 3.63) is 52.2 Å². The monoisotopic (exact) mass is 370 g/mol. The second kappa shape index (κ2) is 6.95. The van der Waals surface area contributed by atoms with Crippen LogP contribution in [0, 0.1) is 0 Å². The first kappa shape index (κ1) is 17.4. The van der Waals surface area contributed by atoms with Gasteiger partial charge in [-0.15, -0.1) is 11.3 Å². The second-order valence-corrected chi connectivity index (χ2v) is 7.96. The highest BCUT2D eigenvalue weighted by Crippen LogP contribution is 2.43. The van der Waals surface area contributed by atoms with Crippen molar-refractivity contribution in [2.75, 3.05) is 24.7 Å². The number of para-hydroxylation sites is 1. The maximum absolute atomic E-state index is 13.2. The van der Waals surface area contributed by atoms with Gasteiger partial charge in [-0.05, 0) is 43.4 Å². The number of nitrogens with zero attached hydrogens (tertiary/aromatic N) is 2. The van der Waals surface area contributed by atoms with Gasteiger partial charge in [0, 0.05) is 5.56 Å². The molecule has 3 heterocycles. The molecule has 0 aliphatic carbocycles. The van der Waals surface area contributed by atoms with E-state index in [1.54, 1.807) is 29.2 Å². The van der Waals surface area contributed by atoms with Gasteiger partial charge in [0.25, 0.3) is 5.91 Å². The first-order valence-corrected chi connectivity index (χ1v) is 9.90. The Morgan fingerprint density at radius 1 is 1.12 bits per heavy atom. The molecule has 2 aliphatic rings. The third kappa shape index (κ3) is 2.98. The van der Waals surface area contributed by atoms with Crippen LogP contribution in [0.3, 0.4) is 0 Å². The first-order chi connectivity index (χ1) is 12.6. The zero-order valence-electron chi connectivity index (χ0n) is 14.6. The van der Waals surface area contributed by atoms with Gasteiger partial charge in [0.2, 0.25) is 0 Å². The molecule has 26 heavy (non-hydrogen) atoms. The van der Waals surface area contributed by atoms with Crippen molar-refractivity contribution in [2.24, 2.45) is 0 Å². The van der Waals surface area contributed by atoms with Gasteiger partial charge < -0.3 is 5.11 Å². The van der Waals surface area contributed by atoms with Crippen LogP contribution in [0.2, 0.25) is 0 Å². The minimum atomic E-state index is -1.78. The van der Waals surface area contributed by atoms with Crippen LogP contribution >= 0.6 is 11.3 Å². The number of benzene rings is 1. The molecule has 1 amide bonds. The summed E-state index contributed by atoms with van der Waals surface area (Å²) in [6.07, 6.45) is 3.26. The summed E-state index contributed by atoms with van der Waals surface area (Å²) in [6, 6.07) is 10.8. The molecule has 2 aromatic rings. The molecule has 1 atom stereocenters. The number of aliphatic hydroxyl groups is 1. The van der Waals surface area contributed by atoms with Gasteiger partial charge in [-0.3, -0.25) is 19.4 Å². The smallest absolute Gasteiger partial charge is 0.265 e. The van der Waals surface area contributed by atoms with Crippen LogP contribution < -0.4 is 4.90 Å². The summed E-state index contributed by atoms with van der Waals surface area (Å²) in [7, 11) is 0. The van der Waals surface area contributed by atoms with E-state index in [0.717, 1.165) is 25.9 Å². The van der Waals surface area contributed by atoms with Crippen molar-refractivity contribution in [1.82, 2.24) is 4.90 Å². The van der Waals surface area contributed by atoms with Crippen LogP contribution in [0.4, 0.5) is 5.69 Å². The lowest BCUT2D eigenvalue weighted by Crippen LogP contribution is -2.47. The number of carbonyl (C=O) groups is 2. The van der Waals surface area contributed by atoms with Crippen LogP contribution in [-0.4, -0.2) is 41.5 Å². The standard InChI is InChI=1S/C20H22N2O3S/c23-17(18-9-6-12-26-18)13-20(25)15-7-2-3-8-16(15)22(19(20)24)14-21-10-4-1-5-11-21/h2-3,6-9,12,25H,1,4-5,10-11,13-14H2/t20-/m0/s1. The Kier molecular flexibility index (Phi) is 4.65. The van der Waals surface area contributed by atoms with E-state index >= 15 is 0 Å². The van der Waals surface area contributed by atoms with E-state index in [-0.39, 0.29) is 12.2 Å². The van der Waals surface area contributed by atoms with Gasteiger partial charge in [-0.25, -0.2) is 0 Å². The fraction of sp³-hybridized carbons (Fsp3) is 0.400. The van der Waals surface area contributed by atoms with Crippen LogP contribution in [-0.2, 0) is 10.4 Å². The van der Waals surface area contributed by atoms with Crippen molar-refractivity contribution in [2.45, 2.75) is 31.3 Å². The van der Waals surface area contributed by atoms with Crippen molar-refractivity contribution in [1.29, 1.82) is 0 Å². The SMILES string of the molecule is O=C(C[C@@]1(O)C(=O)N(CN2CCCCC2)c2ccccc21)c1cccs1. The largest absolute Gasteiger partial charge is 0.375 e. The molecule has 4 rings (SSSR count). The molecule has 1 aromatic carbocycles. The molecule has 0 bridgehead atoms. The summed E-state index contributed by atoms with van der Waals surface area (Å²) < 4.78 is 0. The fourth-order valence-corrected chi connectivity index (χ4v) is 4.54. The van der Waals surface area contributed by atoms with E-state index < -0.39 is 11.5 Å². The predicted octanol–water partition coefficient (Wildman–Crippen LogP) is 3.00. The summed E-state index contributed by atoms with van der Waals surface area (Å²) in [4.78, 5) is 30.2. The normalized spacial score (nSPS) is 23.3. The number of carbonyl (C=O) groups excluding carboxylic acids is 2. The van der Waals surface area contributed by atoms with Crippen molar-refractivity contribution >= 4 is 28.7 Å². The number of piperidine rings is 1. The highest BCUT2D eigenvalue weighted by molar-refractivity contribution is 7.12. The molecule has 1 saturated heterocycles. The Morgan fingerprint density at radius 2 is 1.88 bits per heavy atom. The first-order valence-electron chi connectivity index (χ1n) is 9.02. The van der Waals surface area contributed by atoms with E-state index in [1.807, 2.05) is 17.5 Å². The zero-order valence-corrected chi connectivity index (χ0v) is 15.4. The number of thiophene rings is 1. The van der Waals surface area contributed by atoms with Gasteiger partial charge in [0.15, 0.2) is 11.4 Å². The Balaban J connectivity index is 1.63. The number of anilines is 1. The summed E-state index contributed by atoms with van der Waals surface area (Å²) >= 11 is 1.33. The van der Waals surface area contributed by atoms with Crippen molar-refractivity contribution < 1.29 is 14.7 Å². The average molecular weight is 370 g/mol. The molecule has 5 nitrogen and oxygen atoms in total. The molecule has 1 fully saturated rings. The molecule has 136 valence electrons. The lowest BCUT2D eigenvalue weighted by molar-refractivity contribution is -0.136. The molecule has 2 aliphatic heterocycles. The highest BCUT2D eigenvalue weighted by Gasteiger charge is 2.51. The van der Waals surface area contributed by atoms with E-state index in [9.17, 15) is 14.7 Å². The molecule has 0 unspecified atom stereocenters. The maximum atomic E-state index is 13.2. The maximum Gasteiger partial charge on any atom is 0.265 e. The third-order valence-corrected chi connectivity index (χ3v) is 6.15. The number of Topliss-reactive ketones (excluding diaryl/α,β-unsaturated/α-hetero) is 1. The summed E-state index contributed by atoms with van der Waals surface area (Å²) in [5, 5.41) is 13.1. The quantitative estimate of drug-likeness (QED) is 0.822. The van der Waals surface area contributed by atoms with Gasteiger partial charge in [-0.1, -0.05) is 30.7 Å². The molecule has 1 aromatic heterocycles. The Labute approximate surface area is 156 Å². The summed E-state index contributed by atoms with van der Waals surface area (Å²) in [5.41, 5.74) is -0.538. The lowest BCUT2D eigenvalue weighted by Gasteiger charge is -2.31. The zero-order chi connectivity index (χ0) is 18.1. The Morgan fingerprint density at radius 3 is 2.62 bits per heavy atom. The molecular formula is C20H22N2O3S. The van der Waals surface area contributed by atoms with Gasteiger partial charge in [0.1, 0.15) is 0 Å². The minimum absolute atomic E-state index is 0.203. The van der Waals surface area contributed by atoms with Gasteiger partial charge >= 0.3 is 0 Å². The number of fused-ring (bicyclic) bond motifs is 1. The molecule has 0 radical (unpaired) electrons. The number of amides is 1. The fourth-order valence-electron chi connectivity index (χ4n) is 3.88. The van der Waals surface area contributed by atoms with Crippen LogP contribution in [0.15, 0.2) is 41.8 Å². The van der Waals surface area contributed by atoms with E-state index in [1.165, 1.54) is 17.8 Å². The molecular weight excluding hydrogens is 348 g/mol. The number of hydrogen-bond acceptors (Lipinski definition) is 5. The second-order valence-electron chi connectivity index (χ2n) is 7.01.